The molecule has 6 aromatic carbocycles. The Morgan fingerprint density at radius 1 is 0.619 bits per heavy atom. The van der Waals surface area contributed by atoms with E-state index in [9.17, 15) is 5.26 Å². The molecule has 0 fully saturated rings. The average Bonchev–Trinajstić information content (AvgIpc) is 3.56. The van der Waals surface area contributed by atoms with Gasteiger partial charge in [0.25, 0.3) is 0 Å². The fraction of sp³-hybridized carbons (Fsp3) is 0.0256. The van der Waals surface area contributed by atoms with Crippen LogP contribution in [0.2, 0.25) is 0 Å². The molecule has 3 heteroatoms. The summed E-state index contributed by atoms with van der Waals surface area (Å²) in [6, 6.07) is 48.8. The minimum Gasteiger partial charge on any atom is -0.318 e. The summed E-state index contributed by atoms with van der Waals surface area (Å²) in [7, 11) is 0. The lowest BCUT2D eigenvalue weighted by Gasteiger charge is -2.14. The van der Waals surface area contributed by atoms with Gasteiger partial charge < -0.3 is 4.57 Å². The first-order chi connectivity index (χ1) is 20.8. The van der Waals surface area contributed by atoms with Crippen molar-refractivity contribution < 1.29 is 0 Å². The van der Waals surface area contributed by atoms with Crippen LogP contribution in [-0.4, -0.2) is 4.57 Å². The molecule has 194 valence electrons. The van der Waals surface area contributed by atoms with Gasteiger partial charge in [0, 0.05) is 16.7 Å². The van der Waals surface area contributed by atoms with E-state index in [1.54, 1.807) is 18.2 Å². The zero-order valence-corrected chi connectivity index (χ0v) is 22.6. The highest BCUT2D eigenvalue weighted by Gasteiger charge is 2.30. The Balaban J connectivity index is 1.33. The smallest absolute Gasteiger partial charge is 0.211 e. The molecule has 0 saturated heterocycles. The highest BCUT2D eigenvalue weighted by Crippen LogP contribution is 2.49. The van der Waals surface area contributed by atoms with Crippen molar-refractivity contribution in [3.05, 3.63) is 167 Å². The van der Waals surface area contributed by atoms with Gasteiger partial charge in [0.05, 0.1) is 34.9 Å². The number of benzene rings is 6. The van der Waals surface area contributed by atoms with Crippen molar-refractivity contribution in [1.29, 1.82) is 5.26 Å². The Hall–Kier alpha value is -5.90. The molecule has 1 atom stereocenters. The van der Waals surface area contributed by atoms with Crippen LogP contribution in [0, 0.1) is 17.9 Å². The molecule has 0 spiro atoms. The molecular formula is C39H23N3. The Morgan fingerprint density at radius 2 is 1.33 bits per heavy atom. The molecule has 8 rings (SSSR count). The summed E-state index contributed by atoms with van der Waals surface area (Å²) in [6.07, 6.45) is 0. The van der Waals surface area contributed by atoms with E-state index in [-0.39, 0.29) is 5.92 Å². The highest BCUT2D eigenvalue weighted by atomic mass is 15.0. The van der Waals surface area contributed by atoms with Crippen LogP contribution in [0.5, 0.6) is 0 Å². The van der Waals surface area contributed by atoms with Crippen molar-refractivity contribution in [2.75, 3.05) is 0 Å². The first-order valence-electron chi connectivity index (χ1n) is 14.0. The molecule has 1 aliphatic rings. The predicted octanol–water partition coefficient (Wildman–Crippen LogP) is 10.0. The highest BCUT2D eigenvalue weighted by molar-refractivity contribution is 6.11. The molecule has 7 aromatic rings. The summed E-state index contributed by atoms with van der Waals surface area (Å²) in [5.74, 6) is 0.226. The standard InChI is InChI=1S/C39H23N3/c1-41-35-16-9-12-28(24-40)39(35)42-36-17-8-7-14-30(36)34-23-27(19-21-37(34)42)26-18-20-32-33(22-26)29-13-5-6-15-31(29)38(32)25-10-3-2-4-11-25/h2-23,38H. The Kier molecular flexibility index (Phi) is 5.33. The molecule has 1 heterocycles. The van der Waals surface area contributed by atoms with Crippen LogP contribution in [-0.2, 0) is 0 Å². The molecule has 42 heavy (non-hydrogen) atoms. The SMILES string of the molecule is [C-]#[N+]c1cccc(C#N)c1-n1c2ccccc2c2cc(-c3ccc4c(c3)-c3ccccc3C4c3ccccc3)ccc21. The Bertz CT molecular complexity index is 2240. The number of rotatable bonds is 3. The van der Waals surface area contributed by atoms with Gasteiger partial charge in [-0.1, -0.05) is 103 Å². The van der Waals surface area contributed by atoms with E-state index in [4.69, 9.17) is 6.57 Å². The van der Waals surface area contributed by atoms with Gasteiger partial charge in [-0.25, -0.2) is 4.85 Å². The molecule has 0 amide bonds. The van der Waals surface area contributed by atoms with E-state index in [2.05, 4.69) is 119 Å². The number of para-hydroxylation sites is 2. The normalized spacial score (nSPS) is 13.4. The van der Waals surface area contributed by atoms with Crippen LogP contribution in [0.15, 0.2) is 133 Å². The Morgan fingerprint density at radius 3 is 2.19 bits per heavy atom. The van der Waals surface area contributed by atoms with E-state index in [0.717, 1.165) is 32.9 Å². The molecule has 3 nitrogen and oxygen atoms in total. The first-order valence-corrected chi connectivity index (χ1v) is 14.0. The van der Waals surface area contributed by atoms with Gasteiger partial charge in [0.1, 0.15) is 0 Å². The Labute approximate surface area is 244 Å². The van der Waals surface area contributed by atoms with E-state index in [1.807, 2.05) is 12.1 Å². The quantitative estimate of drug-likeness (QED) is 0.208. The molecule has 0 bridgehead atoms. The van der Waals surface area contributed by atoms with Gasteiger partial charge in [-0.3, -0.25) is 0 Å². The van der Waals surface area contributed by atoms with Crippen molar-refractivity contribution in [3.8, 4) is 34.0 Å². The lowest BCUT2D eigenvalue weighted by molar-refractivity contribution is 1.02. The monoisotopic (exact) mass is 533 g/mol. The maximum absolute atomic E-state index is 9.95. The molecule has 0 N–H and O–H groups in total. The third-order valence-electron chi connectivity index (χ3n) is 8.54. The van der Waals surface area contributed by atoms with Crippen LogP contribution in [0.1, 0.15) is 28.2 Å². The van der Waals surface area contributed by atoms with Crippen molar-refractivity contribution in [2.45, 2.75) is 5.92 Å². The van der Waals surface area contributed by atoms with Crippen molar-refractivity contribution in [1.82, 2.24) is 4.57 Å². The topological polar surface area (TPSA) is 33.1 Å². The van der Waals surface area contributed by atoms with Gasteiger partial charge in [0.15, 0.2) is 0 Å². The second kappa shape index (κ2) is 9.34. The van der Waals surface area contributed by atoms with Crippen molar-refractivity contribution >= 4 is 27.5 Å². The third kappa shape index (κ3) is 3.45. The zero-order chi connectivity index (χ0) is 28.2. The fourth-order valence-electron chi connectivity index (χ4n) is 6.73. The number of nitrogens with zero attached hydrogens (tertiary/aromatic N) is 3. The second-order valence-corrected chi connectivity index (χ2v) is 10.7. The number of aromatic nitrogens is 1. The predicted molar refractivity (Wildman–Crippen MR) is 170 cm³/mol. The largest absolute Gasteiger partial charge is 0.318 e. The van der Waals surface area contributed by atoms with E-state index in [1.165, 1.54) is 27.8 Å². The third-order valence-corrected chi connectivity index (χ3v) is 8.54. The zero-order valence-electron chi connectivity index (χ0n) is 22.6. The summed E-state index contributed by atoms with van der Waals surface area (Å²) >= 11 is 0. The summed E-state index contributed by atoms with van der Waals surface area (Å²) < 4.78 is 2.07. The van der Waals surface area contributed by atoms with Crippen molar-refractivity contribution in [2.24, 2.45) is 0 Å². The molecular weight excluding hydrogens is 510 g/mol. The molecule has 1 aromatic heterocycles. The maximum atomic E-state index is 9.95. The summed E-state index contributed by atoms with van der Waals surface area (Å²) in [5, 5.41) is 12.1. The number of nitriles is 1. The lowest BCUT2D eigenvalue weighted by atomic mass is 9.89. The molecule has 1 aliphatic carbocycles. The maximum Gasteiger partial charge on any atom is 0.211 e. The summed E-state index contributed by atoms with van der Waals surface area (Å²) in [6.45, 7) is 7.81. The number of hydrogen-bond acceptors (Lipinski definition) is 1. The van der Waals surface area contributed by atoms with Crippen LogP contribution in [0.3, 0.4) is 0 Å². The van der Waals surface area contributed by atoms with Crippen LogP contribution in [0.4, 0.5) is 5.69 Å². The molecule has 1 unspecified atom stereocenters. The van der Waals surface area contributed by atoms with Crippen LogP contribution >= 0.6 is 0 Å². The second-order valence-electron chi connectivity index (χ2n) is 10.7. The first kappa shape index (κ1) is 23.9. The van der Waals surface area contributed by atoms with Gasteiger partial charge in [0.2, 0.25) is 5.69 Å². The van der Waals surface area contributed by atoms with Crippen LogP contribution in [0.25, 0.3) is 54.6 Å². The minimum atomic E-state index is 0.226. The number of hydrogen-bond donors (Lipinski definition) is 0. The van der Waals surface area contributed by atoms with Crippen LogP contribution < -0.4 is 0 Å². The van der Waals surface area contributed by atoms with E-state index >= 15 is 0 Å². The van der Waals surface area contributed by atoms with Gasteiger partial charge in [-0.2, -0.15) is 5.26 Å². The lowest BCUT2D eigenvalue weighted by Crippen LogP contribution is -1.98. The summed E-state index contributed by atoms with van der Waals surface area (Å²) in [5.41, 5.74) is 12.4. The minimum absolute atomic E-state index is 0.226. The molecule has 0 radical (unpaired) electrons. The molecule has 0 aliphatic heterocycles. The van der Waals surface area contributed by atoms with Gasteiger partial charge in [-0.05, 0) is 69.3 Å². The van der Waals surface area contributed by atoms with E-state index < -0.39 is 0 Å². The number of fused-ring (bicyclic) bond motifs is 6. The molecule has 0 saturated carbocycles. The van der Waals surface area contributed by atoms with Gasteiger partial charge >= 0.3 is 0 Å². The fourth-order valence-corrected chi connectivity index (χ4v) is 6.73. The van der Waals surface area contributed by atoms with Gasteiger partial charge in [-0.15, -0.1) is 0 Å². The van der Waals surface area contributed by atoms with Crippen molar-refractivity contribution in [3.63, 3.8) is 0 Å². The van der Waals surface area contributed by atoms with E-state index in [0.29, 0.717) is 16.9 Å². The average molecular weight is 534 g/mol. The summed E-state index contributed by atoms with van der Waals surface area (Å²) in [4.78, 5) is 3.77.